The van der Waals surface area contributed by atoms with Gasteiger partial charge in [0.1, 0.15) is 5.75 Å². The molecule has 0 saturated heterocycles. The maximum absolute atomic E-state index is 6.43. The third-order valence-electron chi connectivity index (χ3n) is 6.53. The summed E-state index contributed by atoms with van der Waals surface area (Å²) in [6, 6.07) is 0. The minimum atomic E-state index is 0.288. The molecule has 0 aliphatic carbocycles. The quantitative estimate of drug-likeness (QED) is 0.308. The standard InChI is InChI=1S/C28H43NO2/c1-19(2)11-8-12-20(3)13-9-14-21(4)15-10-16-25-17-18-26-24(7)27(31-29)22(5)23(6)28(26)30-25/h11,13,15,25H,8-10,12,14,16-18,29H2,1-7H3/b20-13+,21-15+. The van der Waals surface area contributed by atoms with E-state index in [9.17, 15) is 0 Å². The lowest BCUT2D eigenvalue weighted by molar-refractivity contribution is 0.162. The zero-order chi connectivity index (χ0) is 23.0. The number of hydrogen-bond acceptors (Lipinski definition) is 3. The van der Waals surface area contributed by atoms with Crippen molar-refractivity contribution >= 4 is 0 Å². The van der Waals surface area contributed by atoms with Gasteiger partial charge in [0.2, 0.25) is 0 Å². The van der Waals surface area contributed by atoms with Crippen molar-refractivity contribution in [3.8, 4) is 11.5 Å². The molecule has 2 rings (SSSR count). The molecule has 2 N–H and O–H groups in total. The summed E-state index contributed by atoms with van der Waals surface area (Å²) in [6.07, 6.45) is 16.3. The van der Waals surface area contributed by atoms with Crippen LogP contribution in [0.1, 0.15) is 94.9 Å². The Balaban J connectivity index is 1.83. The molecule has 0 spiro atoms. The summed E-state index contributed by atoms with van der Waals surface area (Å²) in [5, 5.41) is 0. The monoisotopic (exact) mass is 425 g/mol. The Morgan fingerprint density at radius 1 is 0.903 bits per heavy atom. The fourth-order valence-corrected chi connectivity index (χ4v) is 4.38. The Labute approximate surface area is 190 Å². The molecule has 3 nitrogen and oxygen atoms in total. The van der Waals surface area contributed by atoms with Gasteiger partial charge >= 0.3 is 0 Å². The summed E-state index contributed by atoms with van der Waals surface area (Å²) >= 11 is 0. The van der Waals surface area contributed by atoms with Crippen molar-refractivity contribution in [2.45, 2.75) is 106 Å². The highest BCUT2D eigenvalue weighted by Gasteiger charge is 2.26. The Morgan fingerprint density at radius 3 is 2.13 bits per heavy atom. The highest BCUT2D eigenvalue weighted by atomic mass is 16.6. The largest absolute Gasteiger partial charge is 0.490 e. The van der Waals surface area contributed by atoms with Crippen molar-refractivity contribution in [3.05, 3.63) is 57.2 Å². The lowest BCUT2D eigenvalue weighted by Crippen LogP contribution is -2.24. The number of ether oxygens (including phenoxy) is 1. The Bertz CT molecular complexity index is 841. The van der Waals surface area contributed by atoms with E-state index in [-0.39, 0.29) is 6.10 Å². The van der Waals surface area contributed by atoms with Crippen molar-refractivity contribution in [3.63, 3.8) is 0 Å². The molecule has 0 bridgehead atoms. The van der Waals surface area contributed by atoms with E-state index in [4.69, 9.17) is 15.5 Å². The maximum Gasteiger partial charge on any atom is 0.153 e. The third kappa shape index (κ3) is 7.28. The van der Waals surface area contributed by atoms with Gasteiger partial charge in [0.05, 0.1) is 6.10 Å². The first-order valence-corrected chi connectivity index (χ1v) is 11.8. The second kappa shape index (κ2) is 12.1. The van der Waals surface area contributed by atoms with E-state index in [1.807, 2.05) is 0 Å². The average Bonchev–Trinajstić information content (AvgIpc) is 2.72. The van der Waals surface area contributed by atoms with Crippen LogP contribution in [0.3, 0.4) is 0 Å². The molecule has 0 radical (unpaired) electrons. The number of allylic oxidation sites excluding steroid dienone is 6. The van der Waals surface area contributed by atoms with E-state index in [2.05, 4.69) is 66.7 Å². The van der Waals surface area contributed by atoms with Crippen LogP contribution in [0.4, 0.5) is 0 Å². The first-order valence-electron chi connectivity index (χ1n) is 11.8. The van der Waals surface area contributed by atoms with Crippen LogP contribution in [0, 0.1) is 20.8 Å². The number of rotatable bonds is 10. The first-order chi connectivity index (χ1) is 14.7. The van der Waals surface area contributed by atoms with Gasteiger partial charge in [0.15, 0.2) is 5.75 Å². The molecule has 1 aromatic rings. The predicted octanol–water partition coefficient (Wildman–Crippen LogP) is 7.76. The number of hydrogen-bond donors (Lipinski definition) is 1. The van der Waals surface area contributed by atoms with Crippen LogP contribution < -0.4 is 15.5 Å². The summed E-state index contributed by atoms with van der Waals surface area (Å²) in [6.45, 7) is 15.1. The Kier molecular flexibility index (Phi) is 9.90. The zero-order valence-electron chi connectivity index (χ0n) is 20.9. The van der Waals surface area contributed by atoms with Gasteiger partial charge in [0, 0.05) is 16.7 Å². The van der Waals surface area contributed by atoms with Gasteiger partial charge in [-0.3, -0.25) is 0 Å². The predicted molar refractivity (Wildman–Crippen MR) is 133 cm³/mol. The second-order valence-corrected chi connectivity index (χ2v) is 9.45. The number of fused-ring (bicyclic) bond motifs is 1. The van der Waals surface area contributed by atoms with Crippen LogP contribution >= 0.6 is 0 Å². The van der Waals surface area contributed by atoms with Gasteiger partial charge in [-0.1, -0.05) is 34.9 Å². The lowest BCUT2D eigenvalue weighted by Gasteiger charge is -2.30. The molecule has 0 fully saturated rings. The molecule has 3 heteroatoms. The molecule has 1 aromatic carbocycles. The minimum Gasteiger partial charge on any atom is -0.490 e. The smallest absolute Gasteiger partial charge is 0.153 e. The zero-order valence-corrected chi connectivity index (χ0v) is 20.9. The molecular formula is C28H43NO2. The third-order valence-corrected chi connectivity index (χ3v) is 6.53. The van der Waals surface area contributed by atoms with Crippen molar-refractivity contribution in [1.82, 2.24) is 0 Å². The summed E-state index contributed by atoms with van der Waals surface area (Å²) < 4.78 is 6.43. The number of benzene rings is 1. The molecule has 172 valence electrons. The molecule has 1 atom stereocenters. The van der Waals surface area contributed by atoms with E-state index >= 15 is 0 Å². The second-order valence-electron chi connectivity index (χ2n) is 9.45. The molecule has 0 saturated carbocycles. The average molecular weight is 426 g/mol. The van der Waals surface area contributed by atoms with Crippen molar-refractivity contribution in [2.75, 3.05) is 0 Å². The molecule has 0 aromatic heterocycles. The summed E-state index contributed by atoms with van der Waals surface area (Å²) in [5.41, 5.74) is 9.02. The molecule has 1 unspecified atom stereocenters. The van der Waals surface area contributed by atoms with Crippen molar-refractivity contribution in [1.29, 1.82) is 0 Å². The van der Waals surface area contributed by atoms with E-state index in [1.165, 1.54) is 28.7 Å². The fourth-order valence-electron chi connectivity index (χ4n) is 4.38. The van der Waals surface area contributed by atoms with Gasteiger partial charge in [-0.2, -0.15) is 5.90 Å². The van der Waals surface area contributed by atoms with Crippen LogP contribution in [-0.2, 0) is 6.42 Å². The van der Waals surface area contributed by atoms with Crippen LogP contribution in [0.15, 0.2) is 34.9 Å². The molecule has 31 heavy (non-hydrogen) atoms. The molecule has 1 heterocycles. The summed E-state index contributed by atoms with van der Waals surface area (Å²) in [5.74, 6) is 7.37. The molecular weight excluding hydrogens is 382 g/mol. The summed E-state index contributed by atoms with van der Waals surface area (Å²) in [7, 11) is 0. The van der Waals surface area contributed by atoms with Crippen LogP contribution in [0.25, 0.3) is 0 Å². The van der Waals surface area contributed by atoms with Crippen molar-refractivity contribution in [2.24, 2.45) is 5.90 Å². The van der Waals surface area contributed by atoms with Crippen LogP contribution in [0.2, 0.25) is 0 Å². The highest BCUT2D eigenvalue weighted by Crippen LogP contribution is 2.41. The van der Waals surface area contributed by atoms with E-state index in [0.717, 1.165) is 73.1 Å². The minimum absolute atomic E-state index is 0.288. The SMILES string of the molecule is CC(C)=CCC/C(C)=C/CC/C(C)=C/CCC1CCc2c(C)c(ON)c(C)c(C)c2O1. The van der Waals surface area contributed by atoms with Crippen molar-refractivity contribution < 1.29 is 9.57 Å². The van der Waals surface area contributed by atoms with Gasteiger partial charge < -0.3 is 9.57 Å². The number of nitrogens with two attached hydrogens (primary N) is 1. The first kappa shape index (κ1) is 25.3. The Morgan fingerprint density at radius 2 is 1.52 bits per heavy atom. The summed E-state index contributed by atoms with van der Waals surface area (Å²) in [4.78, 5) is 5.15. The maximum atomic E-state index is 6.43. The van der Waals surface area contributed by atoms with Gasteiger partial charge in [-0.05, 0) is 105 Å². The topological polar surface area (TPSA) is 44.5 Å². The van der Waals surface area contributed by atoms with E-state index in [1.54, 1.807) is 0 Å². The lowest BCUT2D eigenvalue weighted by atomic mass is 9.90. The highest BCUT2D eigenvalue weighted by molar-refractivity contribution is 5.58. The van der Waals surface area contributed by atoms with Gasteiger partial charge in [-0.15, -0.1) is 0 Å². The van der Waals surface area contributed by atoms with E-state index < -0.39 is 0 Å². The van der Waals surface area contributed by atoms with Crippen LogP contribution in [0.5, 0.6) is 11.5 Å². The normalized spacial score (nSPS) is 16.6. The van der Waals surface area contributed by atoms with E-state index in [0.29, 0.717) is 0 Å². The van der Waals surface area contributed by atoms with Crippen LogP contribution in [-0.4, -0.2) is 6.10 Å². The Hall–Kier alpha value is -2.00. The van der Waals surface area contributed by atoms with Gasteiger partial charge in [-0.25, -0.2) is 0 Å². The molecule has 0 amide bonds. The molecule has 1 aliphatic rings. The molecule has 1 aliphatic heterocycles. The fraction of sp³-hybridized carbons (Fsp3) is 0.571. The van der Waals surface area contributed by atoms with Gasteiger partial charge in [0.25, 0.3) is 0 Å².